The summed E-state index contributed by atoms with van der Waals surface area (Å²) in [6.45, 7) is 4.29. The molecule has 0 saturated heterocycles. The van der Waals surface area contributed by atoms with E-state index in [1.807, 2.05) is 44.2 Å². The molecule has 18 heavy (non-hydrogen) atoms. The van der Waals surface area contributed by atoms with Crippen molar-refractivity contribution in [2.75, 3.05) is 6.61 Å². The number of nitrogens with one attached hydrogen (secondary N) is 1. The molecule has 0 aliphatic carbocycles. The molecular formula is C13H17N3O2. The van der Waals surface area contributed by atoms with Gasteiger partial charge in [-0.25, -0.2) is 0 Å². The predicted octanol–water partition coefficient (Wildman–Crippen LogP) is 1.60. The zero-order valence-electron chi connectivity index (χ0n) is 10.6. The van der Waals surface area contributed by atoms with Gasteiger partial charge in [0.2, 0.25) is 11.8 Å². The van der Waals surface area contributed by atoms with Crippen LogP contribution in [0.2, 0.25) is 0 Å². The molecule has 5 heteroatoms. The maximum absolute atomic E-state index is 9.13. The van der Waals surface area contributed by atoms with Crippen LogP contribution in [0.1, 0.15) is 19.7 Å². The summed E-state index contributed by atoms with van der Waals surface area (Å²) in [5, 5.41) is 20.2. The Morgan fingerprint density at radius 1 is 1.22 bits per heavy atom. The molecule has 0 atom stereocenters. The molecule has 2 rings (SSSR count). The van der Waals surface area contributed by atoms with Crippen LogP contribution in [0, 0.1) is 0 Å². The van der Waals surface area contributed by atoms with Crippen LogP contribution >= 0.6 is 0 Å². The number of aliphatic hydroxyl groups is 1. The van der Waals surface area contributed by atoms with Crippen LogP contribution in [0.15, 0.2) is 34.7 Å². The van der Waals surface area contributed by atoms with Crippen LogP contribution in [0.3, 0.4) is 0 Å². The van der Waals surface area contributed by atoms with E-state index in [2.05, 4.69) is 15.5 Å². The van der Waals surface area contributed by atoms with E-state index >= 15 is 0 Å². The van der Waals surface area contributed by atoms with E-state index in [1.54, 1.807) is 0 Å². The fourth-order valence-corrected chi connectivity index (χ4v) is 1.39. The van der Waals surface area contributed by atoms with E-state index in [4.69, 9.17) is 9.52 Å². The molecule has 0 amide bonds. The molecular weight excluding hydrogens is 230 g/mol. The molecule has 0 aliphatic rings. The average molecular weight is 247 g/mol. The molecule has 1 aromatic carbocycles. The normalized spacial score (nSPS) is 11.7. The first-order valence-electron chi connectivity index (χ1n) is 5.84. The lowest BCUT2D eigenvalue weighted by Crippen LogP contribution is -2.42. The molecule has 0 bridgehead atoms. The van der Waals surface area contributed by atoms with Gasteiger partial charge in [-0.15, -0.1) is 10.2 Å². The lowest BCUT2D eigenvalue weighted by atomic mass is 10.1. The van der Waals surface area contributed by atoms with Crippen LogP contribution in [0.5, 0.6) is 0 Å². The summed E-state index contributed by atoms with van der Waals surface area (Å²) in [5.74, 6) is 1.02. The summed E-state index contributed by atoms with van der Waals surface area (Å²) in [4.78, 5) is 0. The largest absolute Gasteiger partial charge is 0.419 e. The third-order valence-electron chi connectivity index (χ3n) is 2.60. The first kappa shape index (κ1) is 12.7. The van der Waals surface area contributed by atoms with E-state index in [0.29, 0.717) is 18.3 Å². The van der Waals surface area contributed by atoms with Crippen molar-refractivity contribution in [3.05, 3.63) is 36.2 Å². The molecule has 1 aromatic heterocycles. The minimum absolute atomic E-state index is 0.0483. The summed E-state index contributed by atoms with van der Waals surface area (Å²) in [5.41, 5.74) is 0.541. The van der Waals surface area contributed by atoms with Gasteiger partial charge in [-0.05, 0) is 26.0 Å². The molecule has 0 aliphatic heterocycles. The minimum Gasteiger partial charge on any atom is -0.419 e. The zero-order chi connectivity index (χ0) is 13.0. The third-order valence-corrected chi connectivity index (χ3v) is 2.60. The first-order valence-corrected chi connectivity index (χ1v) is 5.84. The second kappa shape index (κ2) is 5.29. The van der Waals surface area contributed by atoms with E-state index in [0.717, 1.165) is 5.56 Å². The lowest BCUT2D eigenvalue weighted by Gasteiger charge is -2.22. The molecule has 0 unspecified atom stereocenters. The number of aliphatic hydroxyl groups excluding tert-OH is 1. The van der Waals surface area contributed by atoms with Gasteiger partial charge >= 0.3 is 0 Å². The van der Waals surface area contributed by atoms with E-state index in [-0.39, 0.29) is 12.1 Å². The summed E-state index contributed by atoms with van der Waals surface area (Å²) in [6, 6.07) is 9.62. The third kappa shape index (κ3) is 3.15. The Morgan fingerprint density at radius 3 is 2.61 bits per heavy atom. The quantitative estimate of drug-likeness (QED) is 0.839. The van der Waals surface area contributed by atoms with E-state index in [9.17, 15) is 0 Å². The summed E-state index contributed by atoms with van der Waals surface area (Å²) in [6.07, 6.45) is 0. The maximum atomic E-state index is 9.13. The Bertz CT molecular complexity index is 494. The molecule has 0 spiro atoms. The summed E-state index contributed by atoms with van der Waals surface area (Å²) < 4.78 is 5.54. The Hall–Kier alpha value is -1.72. The second-order valence-electron chi connectivity index (χ2n) is 4.76. The van der Waals surface area contributed by atoms with Crippen LogP contribution in [-0.2, 0) is 6.54 Å². The van der Waals surface area contributed by atoms with Crippen molar-refractivity contribution in [2.24, 2.45) is 0 Å². The SMILES string of the molecule is CC(C)(CO)NCc1nnc(-c2ccccc2)o1. The number of rotatable bonds is 5. The maximum Gasteiger partial charge on any atom is 0.247 e. The topological polar surface area (TPSA) is 71.2 Å². The smallest absolute Gasteiger partial charge is 0.247 e. The van der Waals surface area contributed by atoms with Gasteiger partial charge in [0.05, 0.1) is 13.2 Å². The monoisotopic (exact) mass is 247 g/mol. The Balaban J connectivity index is 2.03. The fraction of sp³-hybridized carbons (Fsp3) is 0.385. The van der Waals surface area contributed by atoms with Crippen LogP contribution < -0.4 is 5.32 Å². The average Bonchev–Trinajstić information content (AvgIpc) is 2.86. The standard InChI is InChI=1S/C13H17N3O2/c1-13(2,9-17)14-8-11-15-16-12(18-11)10-6-4-3-5-7-10/h3-7,14,17H,8-9H2,1-2H3. The van der Waals surface area contributed by atoms with Gasteiger partial charge in [0.15, 0.2) is 0 Å². The Labute approximate surface area is 106 Å². The van der Waals surface area contributed by atoms with Crippen molar-refractivity contribution in [2.45, 2.75) is 25.9 Å². The lowest BCUT2D eigenvalue weighted by molar-refractivity contribution is 0.184. The van der Waals surface area contributed by atoms with Crippen molar-refractivity contribution in [1.29, 1.82) is 0 Å². The molecule has 2 aromatic rings. The zero-order valence-corrected chi connectivity index (χ0v) is 10.6. The minimum atomic E-state index is -0.360. The van der Waals surface area contributed by atoms with Crippen LogP contribution in [0.25, 0.3) is 11.5 Å². The van der Waals surface area contributed by atoms with Crippen molar-refractivity contribution in [3.63, 3.8) is 0 Å². The van der Waals surface area contributed by atoms with E-state index < -0.39 is 0 Å². The molecule has 0 radical (unpaired) electrons. The van der Waals surface area contributed by atoms with Crippen molar-refractivity contribution < 1.29 is 9.52 Å². The highest BCUT2D eigenvalue weighted by Gasteiger charge is 2.17. The van der Waals surface area contributed by atoms with Crippen molar-refractivity contribution in [1.82, 2.24) is 15.5 Å². The predicted molar refractivity (Wildman–Crippen MR) is 67.7 cm³/mol. The summed E-state index contributed by atoms with van der Waals surface area (Å²) >= 11 is 0. The number of nitrogens with zero attached hydrogens (tertiary/aromatic N) is 2. The van der Waals surface area contributed by atoms with Crippen LogP contribution in [0.4, 0.5) is 0 Å². The molecule has 1 heterocycles. The highest BCUT2D eigenvalue weighted by Crippen LogP contribution is 2.17. The number of aromatic nitrogens is 2. The number of hydrogen-bond donors (Lipinski definition) is 2. The number of benzene rings is 1. The van der Waals surface area contributed by atoms with Gasteiger partial charge in [-0.1, -0.05) is 18.2 Å². The summed E-state index contributed by atoms with van der Waals surface area (Å²) in [7, 11) is 0. The molecule has 0 saturated carbocycles. The van der Waals surface area contributed by atoms with Gasteiger partial charge in [-0.2, -0.15) is 0 Å². The molecule has 0 fully saturated rings. The van der Waals surface area contributed by atoms with Gasteiger partial charge in [0.1, 0.15) is 0 Å². The van der Waals surface area contributed by atoms with Crippen molar-refractivity contribution >= 4 is 0 Å². The van der Waals surface area contributed by atoms with Gasteiger partial charge in [0.25, 0.3) is 0 Å². The van der Waals surface area contributed by atoms with Gasteiger partial charge < -0.3 is 14.8 Å². The Morgan fingerprint density at radius 2 is 1.94 bits per heavy atom. The van der Waals surface area contributed by atoms with Crippen molar-refractivity contribution in [3.8, 4) is 11.5 Å². The Kier molecular flexibility index (Phi) is 3.74. The molecule has 96 valence electrons. The van der Waals surface area contributed by atoms with Gasteiger partial charge in [0, 0.05) is 11.1 Å². The highest BCUT2D eigenvalue weighted by atomic mass is 16.4. The fourth-order valence-electron chi connectivity index (χ4n) is 1.39. The second-order valence-corrected chi connectivity index (χ2v) is 4.76. The molecule has 2 N–H and O–H groups in total. The van der Waals surface area contributed by atoms with Crippen LogP contribution in [-0.4, -0.2) is 27.4 Å². The van der Waals surface area contributed by atoms with E-state index in [1.165, 1.54) is 0 Å². The number of hydrogen-bond acceptors (Lipinski definition) is 5. The van der Waals surface area contributed by atoms with Gasteiger partial charge in [-0.3, -0.25) is 0 Å². The first-order chi connectivity index (χ1) is 8.61. The highest BCUT2D eigenvalue weighted by molar-refractivity contribution is 5.51. The molecule has 5 nitrogen and oxygen atoms in total.